The van der Waals surface area contributed by atoms with E-state index in [2.05, 4.69) is 38.3 Å². The molecule has 1 heterocycles. The fourth-order valence-corrected chi connectivity index (χ4v) is 2.86. The van der Waals surface area contributed by atoms with Gasteiger partial charge in [0, 0.05) is 17.1 Å². The van der Waals surface area contributed by atoms with Crippen LogP contribution in [-0.4, -0.2) is 34.2 Å². The molecule has 1 aliphatic rings. The molecule has 16 heavy (non-hydrogen) atoms. The Morgan fingerprint density at radius 1 is 1.31 bits per heavy atom. The minimum atomic E-state index is -0.783. The molecule has 0 unspecified atom stereocenters. The molecule has 1 atom stereocenters. The van der Waals surface area contributed by atoms with Gasteiger partial charge in [0.1, 0.15) is 6.04 Å². The molecule has 4 heteroatoms. The van der Waals surface area contributed by atoms with Crippen LogP contribution >= 0.6 is 0 Å². The van der Waals surface area contributed by atoms with Gasteiger partial charge in [0.2, 0.25) is 0 Å². The highest BCUT2D eigenvalue weighted by molar-refractivity contribution is 5.72. The van der Waals surface area contributed by atoms with Crippen molar-refractivity contribution in [1.29, 1.82) is 0 Å². The van der Waals surface area contributed by atoms with Crippen LogP contribution in [0, 0.1) is 0 Å². The van der Waals surface area contributed by atoms with Crippen LogP contribution in [0.4, 0.5) is 0 Å². The molecule has 0 aromatic heterocycles. The number of hydrogen-bond acceptors (Lipinski definition) is 3. The van der Waals surface area contributed by atoms with Gasteiger partial charge in [-0.15, -0.1) is 0 Å². The molecule has 1 rings (SSSR count). The van der Waals surface area contributed by atoms with Crippen LogP contribution in [0.15, 0.2) is 0 Å². The number of carboxylic acids is 1. The van der Waals surface area contributed by atoms with E-state index in [1.165, 1.54) is 0 Å². The summed E-state index contributed by atoms with van der Waals surface area (Å²) in [5.74, 6) is -0.783. The van der Waals surface area contributed by atoms with Crippen LogP contribution in [0.3, 0.4) is 0 Å². The zero-order valence-corrected chi connectivity index (χ0v) is 10.9. The normalized spacial score (nSPS) is 26.3. The van der Waals surface area contributed by atoms with Crippen LogP contribution in [-0.2, 0) is 4.79 Å². The summed E-state index contributed by atoms with van der Waals surface area (Å²) in [6, 6.07) is -0.216. The van der Waals surface area contributed by atoms with Gasteiger partial charge in [0.15, 0.2) is 0 Å². The van der Waals surface area contributed by atoms with E-state index in [4.69, 9.17) is 5.11 Å². The van der Waals surface area contributed by atoms with Crippen molar-refractivity contribution in [2.75, 3.05) is 0 Å². The Labute approximate surface area is 97.8 Å². The predicted molar refractivity (Wildman–Crippen MR) is 64.5 cm³/mol. The molecule has 0 aromatic carbocycles. The summed E-state index contributed by atoms with van der Waals surface area (Å²) in [5, 5.41) is 15.7. The molecule has 0 saturated carbocycles. The second-order valence-electron chi connectivity index (χ2n) is 6.22. The first-order valence-electron chi connectivity index (χ1n) is 5.89. The molecule has 0 radical (unpaired) electrons. The highest BCUT2D eigenvalue weighted by Gasteiger charge is 2.38. The molecule has 0 amide bonds. The summed E-state index contributed by atoms with van der Waals surface area (Å²) < 4.78 is 0. The van der Waals surface area contributed by atoms with Gasteiger partial charge in [-0.3, -0.25) is 4.79 Å². The van der Waals surface area contributed by atoms with Crippen molar-refractivity contribution in [3.63, 3.8) is 0 Å². The van der Waals surface area contributed by atoms with E-state index < -0.39 is 12.0 Å². The first-order chi connectivity index (χ1) is 7.11. The number of piperidine rings is 1. The number of carboxylic acid groups (broad SMARTS) is 1. The summed E-state index contributed by atoms with van der Waals surface area (Å²) in [6.07, 6.45) is 1.90. The standard InChI is InChI=1S/C12H24N2O2/c1-8(10(15)16)13-9-6-11(2,3)14-12(4,5)7-9/h8-9,13-14H,6-7H2,1-5H3,(H,15,16)/t8-/m0/s1. The Morgan fingerprint density at radius 2 is 1.75 bits per heavy atom. The van der Waals surface area contributed by atoms with Crippen molar-refractivity contribution in [1.82, 2.24) is 10.6 Å². The fraction of sp³-hybridized carbons (Fsp3) is 0.917. The third-order valence-corrected chi connectivity index (χ3v) is 3.05. The number of nitrogens with one attached hydrogen (secondary N) is 2. The van der Waals surface area contributed by atoms with E-state index in [-0.39, 0.29) is 17.1 Å². The zero-order valence-electron chi connectivity index (χ0n) is 10.9. The van der Waals surface area contributed by atoms with Gasteiger partial charge in [0.05, 0.1) is 0 Å². The maximum Gasteiger partial charge on any atom is 0.320 e. The number of hydrogen-bond donors (Lipinski definition) is 3. The first kappa shape index (κ1) is 13.5. The average Bonchev–Trinajstić information content (AvgIpc) is 1.96. The smallest absolute Gasteiger partial charge is 0.320 e. The Balaban J connectivity index is 2.64. The molecular formula is C12H24N2O2. The molecule has 0 aromatic rings. The minimum Gasteiger partial charge on any atom is -0.480 e. The SMILES string of the molecule is C[C@H](NC1CC(C)(C)NC(C)(C)C1)C(=O)O. The molecule has 1 fully saturated rings. The second kappa shape index (κ2) is 4.34. The number of aliphatic carboxylic acids is 1. The second-order valence-corrected chi connectivity index (χ2v) is 6.22. The van der Waals surface area contributed by atoms with Crippen molar-refractivity contribution >= 4 is 5.97 Å². The van der Waals surface area contributed by atoms with E-state index >= 15 is 0 Å². The Morgan fingerprint density at radius 3 is 2.12 bits per heavy atom. The van der Waals surface area contributed by atoms with Gasteiger partial charge in [0.25, 0.3) is 0 Å². The lowest BCUT2D eigenvalue weighted by Gasteiger charge is -2.47. The number of rotatable bonds is 3. The lowest BCUT2D eigenvalue weighted by atomic mass is 9.79. The Bertz CT molecular complexity index is 258. The summed E-state index contributed by atoms with van der Waals surface area (Å²) in [5.41, 5.74) is 0.106. The molecule has 1 aliphatic heterocycles. The van der Waals surface area contributed by atoms with Crippen molar-refractivity contribution in [2.24, 2.45) is 0 Å². The first-order valence-corrected chi connectivity index (χ1v) is 5.89. The summed E-state index contributed by atoms with van der Waals surface area (Å²) in [6.45, 7) is 10.3. The molecule has 0 aliphatic carbocycles. The van der Waals surface area contributed by atoms with Crippen LogP contribution in [0.25, 0.3) is 0 Å². The Kier molecular flexibility index (Phi) is 3.65. The topological polar surface area (TPSA) is 61.4 Å². The minimum absolute atomic E-state index is 0.0532. The third-order valence-electron chi connectivity index (χ3n) is 3.05. The Hall–Kier alpha value is -0.610. The van der Waals surface area contributed by atoms with Gasteiger partial charge in [-0.1, -0.05) is 0 Å². The van der Waals surface area contributed by atoms with Crippen molar-refractivity contribution in [2.45, 2.75) is 70.6 Å². The van der Waals surface area contributed by atoms with Gasteiger partial charge >= 0.3 is 5.97 Å². The lowest BCUT2D eigenvalue weighted by molar-refractivity contribution is -0.139. The fourth-order valence-electron chi connectivity index (χ4n) is 2.86. The van der Waals surface area contributed by atoms with Crippen molar-refractivity contribution in [3.8, 4) is 0 Å². The quantitative estimate of drug-likeness (QED) is 0.682. The van der Waals surface area contributed by atoms with E-state index in [1.54, 1.807) is 6.92 Å². The molecule has 0 spiro atoms. The van der Waals surface area contributed by atoms with E-state index in [9.17, 15) is 4.79 Å². The van der Waals surface area contributed by atoms with Crippen LogP contribution in [0.5, 0.6) is 0 Å². The van der Waals surface area contributed by atoms with Crippen LogP contribution < -0.4 is 10.6 Å². The summed E-state index contributed by atoms with van der Waals surface area (Å²) in [4.78, 5) is 10.8. The van der Waals surface area contributed by atoms with Gasteiger partial charge in [-0.05, 0) is 47.5 Å². The molecule has 1 saturated heterocycles. The van der Waals surface area contributed by atoms with E-state index in [0.29, 0.717) is 0 Å². The predicted octanol–water partition coefficient (Wildman–Crippen LogP) is 1.36. The average molecular weight is 228 g/mol. The van der Waals surface area contributed by atoms with Crippen LogP contribution in [0.2, 0.25) is 0 Å². The molecule has 4 nitrogen and oxygen atoms in total. The summed E-state index contributed by atoms with van der Waals surface area (Å²) >= 11 is 0. The molecular weight excluding hydrogens is 204 g/mol. The van der Waals surface area contributed by atoms with Gasteiger partial charge in [-0.2, -0.15) is 0 Å². The maximum absolute atomic E-state index is 10.8. The highest BCUT2D eigenvalue weighted by atomic mass is 16.4. The molecule has 94 valence electrons. The third kappa shape index (κ3) is 3.76. The van der Waals surface area contributed by atoms with Crippen LogP contribution in [0.1, 0.15) is 47.5 Å². The van der Waals surface area contributed by atoms with E-state index in [1.807, 2.05) is 0 Å². The van der Waals surface area contributed by atoms with Gasteiger partial charge < -0.3 is 15.7 Å². The number of carbonyl (C=O) groups is 1. The van der Waals surface area contributed by atoms with E-state index in [0.717, 1.165) is 12.8 Å². The molecule has 0 bridgehead atoms. The van der Waals surface area contributed by atoms with Crippen molar-refractivity contribution < 1.29 is 9.90 Å². The van der Waals surface area contributed by atoms with Gasteiger partial charge in [-0.25, -0.2) is 0 Å². The highest BCUT2D eigenvalue weighted by Crippen LogP contribution is 2.28. The lowest BCUT2D eigenvalue weighted by Crippen LogP contribution is -2.62. The monoisotopic (exact) mass is 228 g/mol. The largest absolute Gasteiger partial charge is 0.480 e. The zero-order chi connectivity index (χ0) is 12.6. The van der Waals surface area contributed by atoms with Crippen molar-refractivity contribution in [3.05, 3.63) is 0 Å². The summed E-state index contributed by atoms with van der Waals surface area (Å²) in [7, 11) is 0. The molecule has 3 N–H and O–H groups in total. The maximum atomic E-state index is 10.8.